The fourth-order valence-electron chi connectivity index (χ4n) is 2.71. The normalized spacial score (nSPS) is 14.5. The number of carbonyl (C=O) groups is 1. The summed E-state index contributed by atoms with van der Waals surface area (Å²) < 4.78 is 1.68. The van der Waals surface area contributed by atoms with Crippen molar-refractivity contribution in [2.45, 2.75) is 0 Å². The van der Waals surface area contributed by atoms with Crippen LogP contribution < -0.4 is 5.32 Å². The van der Waals surface area contributed by atoms with Gasteiger partial charge in [0.25, 0.3) is 0 Å². The third-order valence-electron chi connectivity index (χ3n) is 3.65. The molecule has 0 saturated heterocycles. The van der Waals surface area contributed by atoms with Crippen LogP contribution in [-0.2, 0) is 0 Å². The predicted octanol–water partition coefficient (Wildman–Crippen LogP) is 1.74. The maximum Gasteiger partial charge on any atom is 0.193 e. The zero-order valence-corrected chi connectivity index (χ0v) is 10.0. The summed E-state index contributed by atoms with van der Waals surface area (Å²) in [6.45, 7) is 0. The topological polar surface area (TPSA) is 95.3 Å². The maximum atomic E-state index is 12.0. The molecule has 0 atom stereocenters. The van der Waals surface area contributed by atoms with E-state index in [0.29, 0.717) is 28.3 Å². The second-order valence-corrected chi connectivity index (χ2v) is 4.77. The second-order valence-electron chi connectivity index (χ2n) is 4.77. The van der Waals surface area contributed by atoms with Crippen LogP contribution in [0.25, 0.3) is 22.9 Å². The number of aromatic amines is 1. The molecule has 0 saturated carbocycles. The van der Waals surface area contributed by atoms with Crippen LogP contribution in [0.2, 0.25) is 0 Å². The molecule has 2 aliphatic rings. The first-order valence-electron chi connectivity index (χ1n) is 6.05. The van der Waals surface area contributed by atoms with Gasteiger partial charge in [-0.25, -0.2) is 9.97 Å². The van der Waals surface area contributed by atoms with E-state index in [1.54, 1.807) is 16.8 Å². The van der Waals surface area contributed by atoms with E-state index in [0.717, 1.165) is 5.69 Å². The number of ketones is 1. The molecule has 4 heterocycles. The molecule has 3 aromatic rings. The van der Waals surface area contributed by atoms with E-state index < -0.39 is 0 Å². The van der Waals surface area contributed by atoms with Gasteiger partial charge in [-0.2, -0.15) is 0 Å². The van der Waals surface area contributed by atoms with E-state index in [-0.39, 0.29) is 17.1 Å². The standard InChI is InChI=1S/C13H7N5O2/c19-8-2-1-7-10(20)9(8)12-15-5-3-6-13(17-11(5)16-12)18(7)4-14-6/h1-4,15,20H,(H,16,17). The third-order valence-corrected chi connectivity index (χ3v) is 3.65. The van der Waals surface area contributed by atoms with Gasteiger partial charge < -0.3 is 15.4 Å². The molecule has 96 valence electrons. The van der Waals surface area contributed by atoms with Crippen LogP contribution in [0.4, 0.5) is 11.5 Å². The molecule has 0 spiro atoms. The third kappa shape index (κ3) is 0.957. The molecule has 7 heteroatoms. The first-order chi connectivity index (χ1) is 9.72. The van der Waals surface area contributed by atoms with Gasteiger partial charge in [0.2, 0.25) is 0 Å². The van der Waals surface area contributed by atoms with Gasteiger partial charge in [0.05, 0.1) is 11.4 Å². The number of rotatable bonds is 0. The Bertz CT molecular complexity index is 1010. The van der Waals surface area contributed by atoms with E-state index in [9.17, 15) is 9.90 Å². The number of aromatic hydroxyl groups is 1. The first kappa shape index (κ1) is 9.79. The first-order valence-corrected chi connectivity index (χ1v) is 6.05. The van der Waals surface area contributed by atoms with Crippen molar-refractivity contribution >= 4 is 40.2 Å². The van der Waals surface area contributed by atoms with Crippen LogP contribution in [0.3, 0.4) is 0 Å². The maximum absolute atomic E-state index is 12.0. The molecular formula is C13H7N5O2. The number of carbonyl (C=O) groups excluding carboxylic acids is 1. The Morgan fingerprint density at radius 2 is 2.20 bits per heavy atom. The molecule has 1 aliphatic heterocycles. The monoisotopic (exact) mass is 265 g/mol. The Kier molecular flexibility index (Phi) is 1.42. The van der Waals surface area contributed by atoms with Crippen LogP contribution >= 0.6 is 0 Å². The number of fused-ring (bicyclic) bond motifs is 5. The van der Waals surface area contributed by atoms with Crippen molar-refractivity contribution in [3.8, 4) is 5.75 Å². The highest BCUT2D eigenvalue weighted by Gasteiger charge is 2.25. The molecule has 5 rings (SSSR count). The lowest BCUT2D eigenvalue weighted by molar-refractivity contribution is 0.104. The lowest BCUT2D eigenvalue weighted by atomic mass is 10.0. The summed E-state index contributed by atoms with van der Waals surface area (Å²) in [5, 5.41) is 13.5. The molecule has 1 aliphatic carbocycles. The van der Waals surface area contributed by atoms with Gasteiger partial charge in [0.1, 0.15) is 23.2 Å². The van der Waals surface area contributed by atoms with Gasteiger partial charge in [-0.1, -0.05) is 0 Å². The molecule has 7 nitrogen and oxygen atoms in total. The summed E-state index contributed by atoms with van der Waals surface area (Å²) in [5.41, 5.74) is 3.40. The largest absolute Gasteiger partial charge is 0.505 e. The highest BCUT2D eigenvalue weighted by Crippen LogP contribution is 2.37. The van der Waals surface area contributed by atoms with Gasteiger partial charge in [-0.15, -0.1) is 0 Å². The number of nitrogens with one attached hydrogen (secondary N) is 2. The summed E-state index contributed by atoms with van der Waals surface area (Å²) in [6.07, 6.45) is 4.59. The number of H-pyrrole nitrogens is 1. The Balaban J connectivity index is 2.19. The van der Waals surface area contributed by atoms with Crippen molar-refractivity contribution in [2.24, 2.45) is 0 Å². The molecule has 3 aromatic heterocycles. The van der Waals surface area contributed by atoms with E-state index >= 15 is 0 Å². The van der Waals surface area contributed by atoms with Crippen LogP contribution in [0, 0.1) is 0 Å². The van der Waals surface area contributed by atoms with Crippen LogP contribution in [0.15, 0.2) is 18.5 Å². The summed E-state index contributed by atoms with van der Waals surface area (Å²) in [4.78, 5) is 23.9. The number of anilines is 2. The number of hydrogen-bond acceptors (Lipinski definition) is 5. The highest BCUT2D eigenvalue weighted by molar-refractivity contribution is 6.15. The Labute approximate surface area is 111 Å². The number of nitrogens with zero attached hydrogens (tertiary/aromatic N) is 3. The number of allylic oxidation sites excluding steroid dienone is 1. The number of hydrogen-bond donors (Lipinski definition) is 3. The fraction of sp³-hybridized carbons (Fsp3) is 0. The zero-order valence-electron chi connectivity index (χ0n) is 10.0. The van der Waals surface area contributed by atoms with E-state index in [4.69, 9.17) is 0 Å². The quantitative estimate of drug-likeness (QED) is 0.450. The summed E-state index contributed by atoms with van der Waals surface area (Å²) in [6, 6.07) is 1.86. The lowest BCUT2D eigenvalue weighted by Crippen LogP contribution is -2.05. The number of aromatic nitrogens is 4. The minimum Gasteiger partial charge on any atom is -0.505 e. The smallest absolute Gasteiger partial charge is 0.193 e. The molecule has 0 radical (unpaired) electrons. The van der Waals surface area contributed by atoms with Gasteiger partial charge in [-0.05, 0) is 18.2 Å². The minimum atomic E-state index is -0.258. The number of imidazole rings is 1. The van der Waals surface area contributed by atoms with Crippen molar-refractivity contribution in [3.05, 3.63) is 29.7 Å². The second kappa shape index (κ2) is 2.90. The Hall–Kier alpha value is -3.09. The molecule has 0 aromatic carbocycles. The van der Waals surface area contributed by atoms with Gasteiger partial charge in [0.15, 0.2) is 22.8 Å². The van der Waals surface area contributed by atoms with Crippen LogP contribution in [0.5, 0.6) is 5.75 Å². The molecule has 0 fully saturated rings. The Morgan fingerprint density at radius 3 is 3.10 bits per heavy atom. The van der Waals surface area contributed by atoms with Gasteiger partial charge >= 0.3 is 0 Å². The minimum absolute atomic E-state index is 0.0858. The highest BCUT2D eigenvalue weighted by atomic mass is 16.3. The van der Waals surface area contributed by atoms with Crippen molar-refractivity contribution in [2.75, 3.05) is 5.32 Å². The summed E-state index contributed by atoms with van der Waals surface area (Å²) in [7, 11) is 0. The SMILES string of the molecule is O=C1C=Cc2c(O)c1c1[nH]c3nc4c(cc3N1)ncn24. The van der Waals surface area contributed by atoms with Crippen molar-refractivity contribution < 1.29 is 9.90 Å². The van der Waals surface area contributed by atoms with Gasteiger partial charge in [-0.3, -0.25) is 9.20 Å². The predicted molar refractivity (Wildman–Crippen MR) is 72.0 cm³/mol. The lowest BCUT2D eigenvalue weighted by Gasteiger charge is -2.11. The molecule has 0 unspecified atom stereocenters. The summed E-state index contributed by atoms with van der Waals surface area (Å²) >= 11 is 0. The van der Waals surface area contributed by atoms with E-state index in [2.05, 4.69) is 20.3 Å². The van der Waals surface area contributed by atoms with Crippen LogP contribution in [0.1, 0.15) is 16.1 Å². The Morgan fingerprint density at radius 1 is 1.30 bits per heavy atom. The zero-order chi connectivity index (χ0) is 13.4. The average Bonchev–Trinajstić information content (AvgIpc) is 2.99. The van der Waals surface area contributed by atoms with Crippen LogP contribution in [-0.4, -0.2) is 30.2 Å². The molecule has 0 amide bonds. The number of pyridine rings is 1. The van der Waals surface area contributed by atoms with Crippen molar-refractivity contribution in [3.63, 3.8) is 0 Å². The molecule has 3 N–H and O–H groups in total. The molecule has 5 bridgehead atoms. The van der Waals surface area contributed by atoms with E-state index in [1.165, 1.54) is 6.08 Å². The molecular weight excluding hydrogens is 258 g/mol. The summed E-state index contributed by atoms with van der Waals surface area (Å²) in [5.74, 6) is 0.104. The molecule has 20 heavy (non-hydrogen) atoms. The fourth-order valence-corrected chi connectivity index (χ4v) is 2.71. The van der Waals surface area contributed by atoms with Gasteiger partial charge in [0, 0.05) is 0 Å². The average molecular weight is 265 g/mol. The van der Waals surface area contributed by atoms with E-state index in [1.807, 2.05) is 6.07 Å². The van der Waals surface area contributed by atoms with Crippen molar-refractivity contribution in [1.82, 2.24) is 19.4 Å². The van der Waals surface area contributed by atoms with Crippen molar-refractivity contribution in [1.29, 1.82) is 0 Å².